The van der Waals surface area contributed by atoms with Crippen molar-refractivity contribution in [3.05, 3.63) is 69.4 Å². The number of Topliss-reactive ketones (excluding diaryl/α,β-unsaturated/α-hetero) is 1. The third-order valence-electron chi connectivity index (χ3n) is 3.73. The minimum absolute atomic E-state index is 0.0812. The molecule has 1 N–H and O–H groups in total. The van der Waals surface area contributed by atoms with Crippen molar-refractivity contribution in [3.8, 4) is 11.5 Å². The summed E-state index contributed by atoms with van der Waals surface area (Å²) in [6, 6.07) is 14.1. The predicted octanol–water partition coefficient (Wildman–Crippen LogP) is 4.43. The normalized spacial score (nSPS) is 10.6. The maximum absolute atomic E-state index is 12.1. The molecule has 0 atom stereocenters. The number of hydrogen-bond donors (Lipinski definition) is 1. The van der Waals surface area contributed by atoms with E-state index in [1.807, 2.05) is 24.3 Å². The summed E-state index contributed by atoms with van der Waals surface area (Å²) in [7, 11) is 0. The molecule has 0 aliphatic carbocycles. The van der Waals surface area contributed by atoms with Crippen LogP contribution in [-0.2, 0) is 11.3 Å². The van der Waals surface area contributed by atoms with Crippen LogP contribution >= 0.6 is 27.5 Å². The van der Waals surface area contributed by atoms with Crippen molar-refractivity contribution in [2.24, 2.45) is 0 Å². The Morgan fingerprint density at radius 3 is 2.63 bits per heavy atom. The highest BCUT2D eigenvalue weighted by Crippen LogP contribution is 2.21. The van der Waals surface area contributed by atoms with Gasteiger partial charge in [-0.05, 0) is 42.5 Å². The number of halogens is 2. The Morgan fingerprint density at radius 2 is 1.89 bits per heavy atom. The van der Waals surface area contributed by atoms with Crippen LogP contribution in [0.25, 0.3) is 11.5 Å². The molecule has 0 saturated heterocycles. The van der Waals surface area contributed by atoms with E-state index >= 15 is 0 Å². The second-order valence-corrected chi connectivity index (χ2v) is 7.09. The van der Waals surface area contributed by atoms with Crippen molar-refractivity contribution in [1.82, 2.24) is 15.5 Å². The second kappa shape index (κ2) is 8.92. The van der Waals surface area contributed by atoms with E-state index in [2.05, 4.69) is 31.4 Å². The van der Waals surface area contributed by atoms with E-state index in [0.29, 0.717) is 22.3 Å². The number of nitrogens with zero attached hydrogens (tertiary/aromatic N) is 2. The monoisotopic (exact) mass is 447 g/mol. The first kappa shape index (κ1) is 19.3. The van der Waals surface area contributed by atoms with Crippen molar-refractivity contribution in [2.45, 2.75) is 19.4 Å². The molecule has 0 radical (unpaired) electrons. The molecule has 2 aromatic carbocycles. The number of rotatable bonds is 7. The zero-order valence-electron chi connectivity index (χ0n) is 14.1. The summed E-state index contributed by atoms with van der Waals surface area (Å²) in [4.78, 5) is 28.3. The average molecular weight is 449 g/mol. The van der Waals surface area contributed by atoms with E-state index in [9.17, 15) is 9.59 Å². The first-order valence-corrected chi connectivity index (χ1v) is 9.32. The third kappa shape index (κ3) is 5.48. The lowest BCUT2D eigenvalue weighted by Crippen LogP contribution is -2.23. The van der Waals surface area contributed by atoms with E-state index in [0.717, 1.165) is 10.0 Å². The molecule has 1 aromatic heterocycles. The Kier molecular flexibility index (Phi) is 6.36. The van der Waals surface area contributed by atoms with Crippen LogP contribution in [0.4, 0.5) is 0 Å². The molecular weight excluding hydrogens is 434 g/mol. The molecule has 0 unspecified atom stereocenters. The second-order valence-electron chi connectivity index (χ2n) is 5.73. The quantitative estimate of drug-likeness (QED) is 0.540. The number of benzene rings is 2. The molecule has 0 aliphatic rings. The largest absolute Gasteiger partial charge is 0.349 e. The molecule has 0 spiro atoms. The van der Waals surface area contributed by atoms with E-state index in [4.69, 9.17) is 16.1 Å². The van der Waals surface area contributed by atoms with E-state index in [1.165, 1.54) is 0 Å². The van der Waals surface area contributed by atoms with Crippen molar-refractivity contribution >= 4 is 39.2 Å². The van der Waals surface area contributed by atoms with Gasteiger partial charge in [-0.15, -0.1) is 0 Å². The van der Waals surface area contributed by atoms with Gasteiger partial charge >= 0.3 is 0 Å². The molecule has 138 valence electrons. The van der Waals surface area contributed by atoms with Crippen LogP contribution in [0.3, 0.4) is 0 Å². The maximum atomic E-state index is 12.1. The first-order valence-electron chi connectivity index (χ1n) is 8.15. The van der Waals surface area contributed by atoms with Gasteiger partial charge in [0.1, 0.15) is 0 Å². The number of aromatic nitrogens is 2. The van der Waals surface area contributed by atoms with E-state index in [-0.39, 0.29) is 31.1 Å². The summed E-state index contributed by atoms with van der Waals surface area (Å²) in [5, 5.41) is 7.10. The van der Waals surface area contributed by atoms with Crippen molar-refractivity contribution in [2.75, 3.05) is 0 Å². The average Bonchev–Trinajstić information content (AvgIpc) is 3.14. The Morgan fingerprint density at radius 1 is 1.11 bits per heavy atom. The van der Waals surface area contributed by atoms with Crippen molar-refractivity contribution in [3.63, 3.8) is 0 Å². The predicted molar refractivity (Wildman–Crippen MR) is 104 cm³/mol. The Labute approximate surface area is 169 Å². The lowest BCUT2D eigenvalue weighted by Gasteiger charge is -2.03. The lowest BCUT2D eigenvalue weighted by molar-refractivity contribution is -0.121. The van der Waals surface area contributed by atoms with Crippen LogP contribution in [0.5, 0.6) is 0 Å². The summed E-state index contributed by atoms with van der Waals surface area (Å²) in [5.74, 6) is 0.366. The first-order chi connectivity index (χ1) is 13.0. The van der Waals surface area contributed by atoms with Crippen LogP contribution in [-0.4, -0.2) is 21.8 Å². The van der Waals surface area contributed by atoms with E-state index < -0.39 is 0 Å². The van der Waals surface area contributed by atoms with Gasteiger partial charge in [0.15, 0.2) is 11.6 Å². The molecule has 0 fully saturated rings. The van der Waals surface area contributed by atoms with Crippen molar-refractivity contribution < 1.29 is 14.1 Å². The van der Waals surface area contributed by atoms with Gasteiger partial charge in [-0.3, -0.25) is 9.59 Å². The smallest absolute Gasteiger partial charge is 0.258 e. The zero-order valence-corrected chi connectivity index (χ0v) is 16.5. The maximum Gasteiger partial charge on any atom is 0.258 e. The fourth-order valence-corrected chi connectivity index (χ4v) is 2.86. The molecule has 0 bridgehead atoms. The Bertz CT molecular complexity index is 957. The standard InChI is InChI=1S/C19H15BrClN3O3/c20-14-3-1-2-13(10-14)19-23-17(24-27-19)11-22-18(26)9-8-16(25)12-4-6-15(21)7-5-12/h1-7,10H,8-9,11H2,(H,22,26). The number of ketones is 1. The summed E-state index contributed by atoms with van der Waals surface area (Å²) in [6.45, 7) is 0.130. The summed E-state index contributed by atoms with van der Waals surface area (Å²) < 4.78 is 6.11. The van der Waals surface area contributed by atoms with Gasteiger partial charge < -0.3 is 9.84 Å². The molecule has 3 aromatic rings. The Hall–Kier alpha value is -2.51. The molecule has 1 heterocycles. The minimum atomic E-state index is -0.258. The van der Waals surface area contributed by atoms with Gasteiger partial charge in [-0.1, -0.05) is 38.8 Å². The topological polar surface area (TPSA) is 85.1 Å². The molecule has 0 saturated carbocycles. The Balaban J connectivity index is 1.48. The van der Waals surface area contributed by atoms with E-state index in [1.54, 1.807) is 24.3 Å². The molecule has 1 amide bonds. The number of amides is 1. The molecule has 8 heteroatoms. The van der Waals surface area contributed by atoms with Crippen molar-refractivity contribution in [1.29, 1.82) is 0 Å². The van der Waals surface area contributed by atoms with Crippen LogP contribution in [0.2, 0.25) is 5.02 Å². The summed E-state index contributed by atoms with van der Waals surface area (Å²) >= 11 is 9.18. The SMILES string of the molecule is O=C(CCC(=O)c1ccc(Cl)cc1)NCc1noc(-c2cccc(Br)c2)n1. The highest BCUT2D eigenvalue weighted by molar-refractivity contribution is 9.10. The number of carbonyl (C=O) groups is 2. The number of carbonyl (C=O) groups excluding carboxylic acids is 2. The fourth-order valence-electron chi connectivity index (χ4n) is 2.34. The van der Waals surface area contributed by atoms with Crippen LogP contribution in [0.15, 0.2) is 57.5 Å². The van der Waals surface area contributed by atoms with Gasteiger partial charge in [0.2, 0.25) is 5.91 Å². The number of hydrogen-bond acceptors (Lipinski definition) is 5. The van der Waals surface area contributed by atoms with Crippen LogP contribution in [0, 0.1) is 0 Å². The van der Waals surface area contributed by atoms with Gasteiger partial charge in [-0.25, -0.2) is 0 Å². The zero-order chi connectivity index (χ0) is 19.2. The van der Waals surface area contributed by atoms with Gasteiger partial charge in [0.05, 0.1) is 6.54 Å². The summed E-state index contributed by atoms with van der Waals surface area (Å²) in [5.41, 5.74) is 1.31. The van der Waals surface area contributed by atoms with Gasteiger partial charge in [-0.2, -0.15) is 4.98 Å². The minimum Gasteiger partial charge on any atom is -0.349 e. The summed E-state index contributed by atoms with van der Waals surface area (Å²) in [6.07, 6.45) is 0.195. The molecule has 6 nitrogen and oxygen atoms in total. The van der Waals surface area contributed by atoms with Gasteiger partial charge in [0, 0.05) is 33.5 Å². The highest BCUT2D eigenvalue weighted by atomic mass is 79.9. The molecule has 3 rings (SSSR count). The molecular formula is C19H15BrClN3O3. The highest BCUT2D eigenvalue weighted by Gasteiger charge is 2.12. The fraction of sp³-hybridized carbons (Fsp3) is 0.158. The molecule has 0 aliphatic heterocycles. The van der Waals surface area contributed by atoms with Gasteiger partial charge in [0.25, 0.3) is 5.89 Å². The lowest BCUT2D eigenvalue weighted by atomic mass is 10.1. The number of nitrogens with one attached hydrogen (secondary N) is 1. The third-order valence-corrected chi connectivity index (χ3v) is 4.47. The molecule has 27 heavy (non-hydrogen) atoms. The van der Waals surface area contributed by atoms with Crippen LogP contribution in [0.1, 0.15) is 29.0 Å². The van der Waals surface area contributed by atoms with Crippen LogP contribution < -0.4 is 5.32 Å².